The van der Waals surface area contributed by atoms with Gasteiger partial charge in [-0.1, -0.05) is 51.4 Å². The third-order valence-corrected chi connectivity index (χ3v) is 5.56. The van der Waals surface area contributed by atoms with Crippen LogP contribution in [0.4, 0.5) is 0 Å². The van der Waals surface area contributed by atoms with E-state index in [9.17, 15) is 0 Å². The predicted octanol–water partition coefficient (Wildman–Crippen LogP) is 6.00. The second kappa shape index (κ2) is 5.83. The van der Waals surface area contributed by atoms with Crippen LogP contribution in [0, 0.1) is 0 Å². The molecule has 0 radical (unpaired) electrons. The van der Waals surface area contributed by atoms with Crippen molar-refractivity contribution in [3.05, 3.63) is 57.5 Å². The molecule has 0 saturated heterocycles. The minimum Gasteiger partial charge on any atom is -0.230 e. The van der Waals surface area contributed by atoms with E-state index < -0.39 is 0 Å². The Morgan fingerprint density at radius 2 is 2.11 bits per heavy atom. The fourth-order valence-corrected chi connectivity index (χ4v) is 4.32. The fourth-order valence-electron chi connectivity index (χ4n) is 1.71. The van der Waals surface area contributed by atoms with Crippen molar-refractivity contribution < 1.29 is 0 Å². The number of benzene rings is 2. The SMILES string of the molecule is Clc1ccc2sc(SCc3cccc(Br)c3)nc2c1. The van der Waals surface area contributed by atoms with Gasteiger partial charge in [0, 0.05) is 15.2 Å². The normalized spacial score (nSPS) is 11.1. The number of aromatic nitrogens is 1. The Morgan fingerprint density at radius 3 is 2.95 bits per heavy atom. The van der Waals surface area contributed by atoms with Crippen LogP contribution >= 0.6 is 50.6 Å². The minimum absolute atomic E-state index is 0.737. The molecule has 0 amide bonds. The third kappa shape index (κ3) is 3.31. The van der Waals surface area contributed by atoms with E-state index in [1.807, 2.05) is 24.3 Å². The zero-order valence-corrected chi connectivity index (χ0v) is 13.7. The molecule has 0 aliphatic rings. The summed E-state index contributed by atoms with van der Waals surface area (Å²) >= 11 is 12.9. The summed E-state index contributed by atoms with van der Waals surface area (Å²) in [5, 5.41) is 0.737. The van der Waals surface area contributed by atoms with E-state index >= 15 is 0 Å². The number of thiazole rings is 1. The van der Waals surface area contributed by atoms with Crippen molar-refractivity contribution in [3.63, 3.8) is 0 Å². The van der Waals surface area contributed by atoms with Crippen LogP contribution in [0.3, 0.4) is 0 Å². The van der Waals surface area contributed by atoms with Crippen LogP contribution in [0.1, 0.15) is 5.56 Å². The lowest BCUT2D eigenvalue weighted by molar-refractivity contribution is 1.29. The van der Waals surface area contributed by atoms with Crippen LogP contribution < -0.4 is 0 Å². The second-order valence-electron chi connectivity index (χ2n) is 4.01. The zero-order chi connectivity index (χ0) is 13.2. The highest BCUT2D eigenvalue weighted by molar-refractivity contribution is 9.10. The van der Waals surface area contributed by atoms with Crippen molar-refractivity contribution in [2.45, 2.75) is 10.1 Å². The van der Waals surface area contributed by atoms with Gasteiger partial charge < -0.3 is 0 Å². The van der Waals surface area contributed by atoms with Gasteiger partial charge in [0.05, 0.1) is 10.2 Å². The number of hydrogen-bond donors (Lipinski definition) is 0. The molecule has 0 unspecified atom stereocenters. The van der Waals surface area contributed by atoms with Crippen molar-refractivity contribution in [3.8, 4) is 0 Å². The Balaban J connectivity index is 1.78. The first-order valence-electron chi connectivity index (χ1n) is 5.64. The molecule has 0 aliphatic heterocycles. The Hall–Kier alpha value is -0.550. The van der Waals surface area contributed by atoms with E-state index in [4.69, 9.17) is 11.6 Å². The summed E-state index contributed by atoms with van der Waals surface area (Å²) in [4.78, 5) is 4.60. The first-order chi connectivity index (χ1) is 9.20. The number of rotatable bonds is 3. The Kier molecular flexibility index (Phi) is 4.12. The van der Waals surface area contributed by atoms with E-state index in [1.54, 1.807) is 23.1 Å². The molecule has 1 nitrogen and oxygen atoms in total. The van der Waals surface area contributed by atoms with Crippen molar-refractivity contribution >= 4 is 60.8 Å². The molecular formula is C14H9BrClNS2. The molecule has 3 rings (SSSR count). The van der Waals surface area contributed by atoms with Crippen LogP contribution in [0.25, 0.3) is 10.2 Å². The maximum absolute atomic E-state index is 5.97. The number of nitrogens with zero attached hydrogens (tertiary/aromatic N) is 1. The molecule has 2 aromatic carbocycles. The van der Waals surface area contributed by atoms with Gasteiger partial charge in [0.2, 0.25) is 0 Å². The highest BCUT2D eigenvalue weighted by Crippen LogP contribution is 2.32. The lowest BCUT2D eigenvalue weighted by atomic mass is 10.2. The van der Waals surface area contributed by atoms with Crippen LogP contribution in [-0.4, -0.2) is 4.98 Å². The summed E-state index contributed by atoms with van der Waals surface area (Å²) in [6, 6.07) is 14.2. The van der Waals surface area contributed by atoms with Gasteiger partial charge in [0.15, 0.2) is 4.34 Å². The molecule has 0 spiro atoms. The van der Waals surface area contributed by atoms with Crippen LogP contribution in [-0.2, 0) is 5.75 Å². The zero-order valence-electron chi connectivity index (χ0n) is 9.77. The van der Waals surface area contributed by atoms with Gasteiger partial charge in [-0.25, -0.2) is 4.98 Å². The molecule has 0 saturated carbocycles. The highest BCUT2D eigenvalue weighted by Gasteiger charge is 2.05. The summed E-state index contributed by atoms with van der Waals surface area (Å²) in [5.74, 6) is 0.924. The molecule has 3 aromatic rings. The summed E-state index contributed by atoms with van der Waals surface area (Å²) in [5.41, 5.74) is 2.27. The molecule has 0 N–H and O–H groups in total. The third-order valence-electron chi connectivity index (χ3n) is 2.58. The maximum atomic E-state index is 5.97. The fraction of sp³-hybridized carbons (Fsp3) is 0.0714. The molecule has 96 valence electrons. The predicted molar refractivity (Wildman–Crippen MR) is 88.3 cm³/mol. The van der Waals surface area contributed by atoms with Gasteiger partial charge in [-0.15, -0.1) is 11.3 Å². The van der Waals surface area contributed by atoms with Crippen LogP contribution in [0.15, 0.2) is 51.3 Å². The average Bonchev–Trinajstić information content (AvgIpc) is 2.78. The molecule has 5 heteroatoms. The summed E-state index contributed by atoms with van der Waals surface area (Å²) in [6.07, 6.45) is 0. The Bertz CT molecular complexity index is 726. The van der Waals surface area contributed by atoms with Gasteiger partial charge in [-0.3, -0.25) is 0 Å². The van der Waals surface area contributed by atoms with Crippen molar-refractivity contribution in [1.82, 2.24) is 4.98 Å². The molecular weight excluding hydrogens is 362 g/mol. The first-order valence-corrected chi connectivity index (χ1v) is 8.61. The van der Waals surface area contributed by atoms with Gasteiger partial charge in [-0.2, -0.15) is 0 Å². The monoisotopic (exact) mass is 369 g/mol. The summed E-state index contributed by atoms with van der Waals surface area (Å²) < 4.78 is 3.38. The number of thioether (sulfide) groups is 1. The molecule has 0 bridgehead atoms. The molecule has 1 aromatic heterocycles. The Morgan fingerprint density at radius 1 is 1.21 bits per heavy atom. The molecule has 0 atom stereocenters. The van der Waals surface area contributed by atoms with E-state index in [0.29, 0.717) is 0 Å². The van der Waals surface area contributed by atoms with Crippen molar-refractivity contribution in [2.75, 3.05) is 0 Å². The van der Waals surface area contributed by atoms with Gasteiger partial charge >= 0.3 is 0 Å². The van der Waals surface area contributed by atoms with Crippen LogP contribution in [0.2, 0.25) is 5.02 Å². The second-order valence-corrected chi connectivity index (χ2v) is 7.62. The van der Waals surface area contributed by atoms with E-state index in [1.165, 1.54) is 10.3 Å². The largest absolute Gasteiger partial charge is 0.230 e. The number of fused-ring (bicyclic) bond motifs is 1. The summed E-state index contributed by atoms with van der Waals surface area (Å²) in [6.45, 7) is 0. The van der Waals surface area contributed by atoms with Gasteiger partial charge in [0.25, 0.3) is 0 Å². The molecule has 1 heterocycles. The maximum Gasteiger partial charge on any atom is 0.151 e. The standard InChI is InChI=1S/C14H9BrClNS2/c15-10-3-1-2-9(6-10)8-18-14-17-12-7-11(16)4-5-13(12)19-14/h1-7H,8H2. The molecule has 0 aliphatic carbocycles. The number of halogens is 2. The average molecular weight is 371 g/mol. The topological polar surface area (TPSA) is 12.9 Å². The quantitative estimate of drug-likeness (QED) is 0.524. The van der Waals surface area contributed by atoms with Gasteiger partial charge in [0.1, 0.15) is 0 Å². The minimum atomic E-state index is 0.737. The van der Waals surface area contributed by atoms with Crippen molar-refractivity contribution in [1.29, 1.82) is 0 Å². The first kappa shape index (κ1) is 13.4. The highest BCUT2D eigenvalue weighted by atomic mass is 79.9. The van der Waals surface area contributed by atoms with E-state index in [2.05, 4.69) is 39.1 Å². The lowest BCUT2D eigenvalue weighted by Gasteiger charge is -1.99. The Labute approximate surface area is 133 Å². The smallest absolute Gasteiger partial charge is 0.151 e. The lowest BCUT2D eigenvalue weighted by Crippen LogP contribution is -1.79. The van der Waals surface area contributed by atoms with E-state index in [-0.39, 0.29) is 0 Å². The van der Waals surface area contributed by atoms with E-state index in [0.717, 1.165) is 25.1 Å². The van der Waals surface area contributed by atoms with Crippen molar-refractivity contribution in [2.24, 2.45) is 0 Å². The molecule has 19 heavy (non-hydrogen) atoms. The summed E-state index contributed by atoms with van der Waals surface area (Å²) in [7, 11) is 0. The van der Waals surface area contributed by atoms with Crippen LogP contribution in [0.5, 0.6) is 0 Å². The van der Waals surface area contributed by atoms with Gasteiger partial charge in [-0.05, 0) is 35.9 Å². The molecule has 0 fully saturated rings. The number of hydrogen-bond acceptors (Lipinski definition) is 3.